The highest BCUT2D eigenvalue weighted by molar-refractivity contribution is 6.30. The van der Waals surface area contributed by atoms with Crippen molar-refractivity contribution in [2.45, 2.75) is 12.5 Å². The molecule has 0 aliphatic carbocycles. The van der Waals surface area contributed by atoms with Crippen LogP contribution in [0, 0.1) is 0 Å². The molecule has 0 radical (unpaired) electrons. The lowest BCUT2D eigenvalue weighted by Crippen LogP contribution is -2.42. The number of ether oxygens (including phenoxy) is 2. The number of aromatic nitrogens is 2. The summed E-state index contributed by atoms with van der Waals surface area (Å²) in [6, 6.07) is 14.2. The lowest BCUT2D eigenvalue weighted by molar-refractivity contribution is 0.0587. The van der Waals surface area contributed by atoms with Gasteiger partial charge in [0.2, 0.25) is 0 Å². The Kier molecular flexibility index (Phi) is 5.45. The van der Waals surface area contributed by atoms with Crippen LogP contribution in [0.15, 0.2) is 54.7 Å². The predicted octanol–water partition coefficient (Wildman–Crippen LogP) is 3.90. The molecule has 1 aromatic heterocycles. The van der Waals surface area contributed by atoms with Crippen molar-refractivity contribution in [3.8, 4) is 11.5 Å². The maximum atomic E-state index is 13.2. The zero-order chi connectivity index (χ0) is 20.4. The molecule has 29 heavy (non-hydrogen) atoms. The molecule has 4 rings (SSSR count). The first kappa shape index (κ1) is 19.3. The minimum absolute atomic E-state index is 0.0645. The normalized spacial score (nSPS) is 15.7. The van der Waals surface area contributed by atoms with E-state index in [-0.39, 0.29) is 11.9 Å². The molecule has 1 amide bonds. The Balaban J connectivity index is 1.60. The number of amides is 1. The van der Waals surface area contributed by atoms with E-state index in [0.717, 1.165) is 29.2 Å². The summed E-state index contributed by atoms with van der Waals surface area (Å²) < 4.78 is 13.1. The van der Waals surface area contributed by atoms with Crippen molar-refractivity contribution in [3.05, 3.63) is 76.6 Å². The number of benzene rings is 2. The van der Waals surface area contributed by atoms with Crippen molar-refractivity contribution in [2.75, 3.05) is 20.3 Å². The van der Waals surface area contributed by atoms with Gasteiger partial charge in [0.1, 0.15) is 18.1 Å². The number of halogens is 1. The zero-order valence-corrected chi connectivity index (χ0v) is 17.1. The van der Waals surface area contributed by atoms with Crippen molar-refractivity contribution in [2.24, 2.45) is 7.05 Å². The van der Waals surface area contributed by atoms with E-state index in [1.54, 1.807) is 31.4 Å². The summed E-state index contributed by atoms with van der Waals surface area (Å²) in [6.07, 6.45) is 2.58. The Morgan fingerprint density at radius 1 is 1.21 bits per heavy atom. The Hall–Kier alpha value is -2.99. The average Bonchev–Trinajstić information content (AvgIpc) is 3.13. The number of fused-ring (bicyclic) bond motifs is 1. The van der Waals surface area contributed by atoms with Gasteiger partial charge in [0.05, 0.1) is 19.3 Å². The average molecular weight is 412 g/mol. The molecule has 1 atom stereocenters. The van der Waals surface area contributed by atoms with Crippen molar-refractivity contribution >= 4 is 17.5 Å². The van der Waals surface area contributed by atoms with Crippen molar-refractivity contribution in [1.82, 2.24) is 14.7 Å². The monoisotopic (exact) mass is 411 g/mol. The summed E-state index contributed by atoms with van der Waals surface area (Å²) in [5.74, 6) is 1.42. The van der Waals surface area contributed by atoms with E-state index in [0.29, 0.717) is 23.7 Å². The topological polar surface area (TPSA) is 56.6 Å². The van der Waals surface area contributed by atoms with Crippen molar-refractivity contribution < 1.29 is 14.3 Å². The van der Waals surface area contributed by atoms with Gasteiger partial charge in [-0.15, -0.1) is 0 Å². The number of carbonyl (C=O) groups excluding carboxylic acids is 1. The fourth-order valence-corrected chi connectivity index (χ4v) is 3.86. The molecule has 0 bridgehead atoms. The van der Waals surface area contributed by atoms with E-state index < -0.39 is 0 Å². The van der Waals surface area contributed by atoms with E-state index in [1.807, 2.05) is 47.1 Å². The largest absolute Gasteiger partial charge is 0.497 e. The van der Waals surface area contributed by atoms with Crippen LogP contribution in [-0.4, -0.2) is 40.8 Å². The SMILES string of the molecule is COc1ccc(OCC2c3cnn(C)c3CCN2C(=O)c2cccc(Cl)c2)cc1. The van der Waals surface area contributed by atoms with E-state index in [9.17, 15) is 4.79 Å². The maximum absolute atomic E-state index is 13.2. The van der Waals surface area contributed by atoms with E-state index in [2.05, 4.69) is 5.10 Å². The lowest BCUT2D eigenvalue weighted by Gasteiger charge is -2.35. The molecule has 0 spiro atoms. The van der Waals surface area contributed by atoms with Crippen LogP contribution in [0.2, 0.25) is 5.02 Å². The van der Waals surface area contributed by atoms with Gasteiger partial charge in [-0.1, -0.05) is 17.7 Å². The van der Waals surface area contributed by atoms with E-state index >= 15 is 0 Å². The highest BCUT2D eigenvalue weighted by Gasteiger charge is 2.34. The fourth-order valence-electron chi connectivity index (χ4n) is 3.67. The zero-order valence-electron chi connectivity index (χ0n) is 16.3. The molecule has 1 aliphatic rings. The van der Waals surface area contributed by atoms with Gasteiger partial charge in [0, 0.05) is 41.9 Å². The third kappa shape index (κ3) is 3.93. The third-order valence-electron chi connectivity index (χ3n) is 5.22. The minimum Gasteiger partial charge on any atom is -0.497 e. The Morgan fingerprint density at radius 2 is 1.97 bits per heavy atom. The second-order valence-electron chi connectivity index (χ2n) is 6.93. The number of hydrogen-bond donors (Lipinski definition) is 0. The van der Waals surface area contributed by atoms with Crippen LogP contribution in [0.3, 0.4) is 0 Å². The first-order chi connectivity index (χ1) is 14.1. The number of hydrogen-bond acceptors (Lipinski definition) is 4. The minimum atomic E-state index is -0.235. The second kappa shape index (κ2) is 8.17. The molecule has 0 N–H and O–H groups in total. The van der Waals surface area contributed by atoms with Gasteiger partial charge < -0.3 is 14.4 Å². The van der Waals surface area contributed by atoms with E-state index in [4.69, 9.17) is 21.1 Å². The lowest BCUT2D eigenvalue weighted by atomic mass is 9.98. The van der Waals surface area contributed by atoms with Gasteiger partial charge in [0.25, 0.3) is 5.91 Å². The van der Waals surface area contributed by atoms with Gasteiger partial charge in [-0.05, 0) is 42.5 Å². The second-order valence-corrected chi connectivity index (χ2v) is 7.37. The molecule has 1 aliphatic heterocycles. The smallest absolute Gasteiger partial charge is 0.254 e. The van der Waals surface area contributed by atoms with Gasteiger partial charge in [-0.3, -0.25) is 9.48 Å². The molecule has 3 aromatic rings. The Bertz CT molecular complexity index is 1020. The first-order valence-corrected chi connectivity index (χ1v) is 9.79. The number of aryl methyl sites for hydroxylation is 1. The van der Waals surface area contributed by atoms with Crippen LogP contribution in [0.5, 0.6) is 11.5 Å². The molecule has 1 unspecified atom stereocenters. The molecule has 0 saturated carbocycles. The molecule has 0 saturated heterocycles. The summed E-state index contributed by atoms with van der Waals surface area (Å²) in [5, 5.41) is 4.93. The molecule has 7 heteroatoms. The summed E-state index contributed by atoms with van der Waals surface area (Å²) in [4.78, 5) is 15.1. The Labute approximate surface area is 174 Å². The van der Waals surface area contributed by atoms with Crippen molar-refractivity contribution in [3.63, 3.8) is 0 Å². The van der Waals surface area contributed by atoms with Gasteiger partial charge in [0.15, 0.2) is 0 Å². The van der Waals surface area contributed by atoms with Crippen LogP contribution in [0.1, 0.15) is 27.7 Å². The fraction of sp³-hybridized carbons (Fsp3) is 0.273. The molecular formula is C22H22ClN3O3. The summed E-state index contributed by atoms with van der Waals surface area (Å²) in [7, 11) is 3.55. The first-order valence-electron chi connectivity index (χ1n) is 9.41. The third-order valence-corrected chi connectivity index (χ3v) is 5.45. The highest BCUT2D eigenvalue weighted by Crippen LogP contribution is 2.32. The summed E-state index contributed by atoms with van der Waals surface area (Å²) in [6.45, 7) is 0.922. The maximum Gasteiger partial charge on any atom is 0.254 e. The predicted molar refractivity (Wildman–Crippen MR) is 111 cm³/mol. The van der Waals surface area contributed by atoms with Crippen LogP contribution in [0.4, 0.5) is 0 Å². The van der Waals surface area contributed by atoms with Gasteiger partial charge in [-0.2, -0.15) is 5.10 Å². The van der Waals surface area contributed by atoms with Crippen LogP contribution < -0.4 is 9.47 Å². The van der Waals surface area contributed by atoms with Crippen LogP contribution >= 0.6 is 11.6 Å². The molecule has 2 heterocycles. The molecule has 0 fully saturated rings. The summed E-state index contributed by atoms with van der Waals surface area (Å²) >= 11 is 6.10. The Morgan fingerprint density at radius 3 is 2.69 bits per heavy atom. The standard InChI is InChI=1S/C22H22ClN3O3/c1-25-20-10-11-26(22(27)15-4-3-5-16(23)12-15)21(19(20)13-24-25)14-29-18-8-6-17(28-2)7-9-18/h3-9,12-13,21H,10-11,14H2,1-2H3. The molecule has 6 nitrogen and oxygen atoms in total. The highest BCUT2D eigenvalue weighted by atomic mass is 35.5. The van der Waals surface area contributed by atoms with Crippen LogP contribution in [-0.2, 0) is 13.5 Å². The number of carbonyl (C=O) groups is 1. The summed E-state index contributed by atoms with van der Waals surface area (Å²) in [5.41, 5.74) is 2.71. The van der Waals surface area contributed by atoms with Crippen LogP contribution in [0.25, 0.3) is 0 Å². The van der Waals surface area contributed by atoms with E-state index in [1.165, 1.54) is 0 Å². The number of nitrogens with zero attached hydrogens (tertiary/aromatic N) is 3. The molecule has 150 valence electrons. The number of methoxy groups -OCH3 is 1. The van der Waals surface area contributed by atoms with Gasteiger partial charge in [-0.25, -0.2) is 0 Å². The quantitative estimate of drug-likeness (QED) is 0.639. The molecular weight excluding hydrogens is 390 g/mol. The number of rotatable bonds is 5. The molecule has 2 aromatic carbocycles. The van der Waals surface area contributed by atoms with Crippen molar-refractivity contribution in [1.29, 1.82) is 0 Å². The van der Waals surface area contributed by atoms with Gasteiger partial charge >= 0.3 is 0 Å².